The summed E-state index contributed by atoms with van der Waals surface area (Å²) in [6.07, 6.45) is 2.96. The van der Waals surface area contributed by atoms with E-state index in [0.717, 1.165) is 5.69 Å². The Bertz CT molecular complexity index is 735. The fourth-order valence-electron chi connectivity index (χ4n) is 2.53. The number of carbonyl (C=O) groups is 2. The van der Waals surface area contributed by atoms with Crippen molar-refractivity contribution in [1.29, 1.82) is 0 Å². The second-order valence-corrected chi connectivity index (χ2v) is 6.17. The summed E-state index contributed by atoms with van der Waals surface area (Å²) in [5.74, 6) is 0.0455. The molecule has 0 saturated carbocycles. The molecule has 5 nitrogen and oxygen atoms in total. The lowest BCUT2D eigenvalue weighted by Crippen LogP contribution is -2.30. The molecule has 132 valence electrons. The zero-order chi connectivity index (χ0) is 18.4. The topological polar surface area (TPSA) is 62.3 Å². The van der Waals surface area contributed by atoms with Crippen molar-refractivity contribution in [3.63, 3.8) is 0 Å². The smallest absolute Gasteiger partial charge is 0.257 e. The van der Waals surface area contributed by atoms with Gasteiger partial charge in [-0.3, -0.25) is 14.6 Å². The molecule has 2 aromatic rings. The number of pyridine rings is 1. The van der Waals surface area contributed by atoms with Crippen LogP contribution in [0.15, 0.2) is 42.7 Å². The first kappa shape index (κ1) is 18.6. The van der Waals surface area contributed by atoms with Gasteiger partial charge in [-0.25, -0.2) is 0 Å². The number of hydrogen-bond acceptors (Lipinski definition) is 3. The Labute approximate surface area is 149 Å². The molecule has 0 radical (unpaired) electrons. The highest BCUT2D eigenvalue weighted by atomic mass is 16.2. The van der Waals surface area contributed by atoms with Crippen molar-refractivity contribution in [2.75, 3.05) is 18.4 Å². The number of anilines is 1. The van der Waals surface area contributed by atoms with Gasteiger partial charge in [-0.15, -0.1) is 0 Å². The van der Waals surface area contributed by atoms with Gasteiger partial charge in [-0.05, 0) is 43.5 Å². The molecular weight excluding hydrogens is 314 g/mol. The van der Waals surface area contributed by atoms with Crippen LogP contribution in [0, 0.1) is 0 Å². The van der Waals surface area contributed by atoms with E-state index >= 15 is 0 Å². The van der Waals surface area contributed by atoms with E-state index in [2.05, 4.69) is 24.1 Å². The van der Waals surface area contributed by atoms with E-state index in [-0.39, 0.29) is 11.8 Å². The van der Waals surface area contributed by atoms with Crippen LogP contribution in [0.1, 0.15) is 59.9 Å². The molecule has 1 heterocycles. The number of nitrogens with one attached hydrogen (secondary N) is 1. The fraction of sp³-hybridized carbons (Fsp3) is 0.350. The third-order valence-corrected chi connectivity index (χ3v) is 4.13. The van der Waals surface area contributed by atoms with E-state index in [4.69, 9.17) is 0 Å². The van der Waals surface area contributed by atoms with Crippen LogP contribution in [0.3, 0.4) is 0 Å². The van der Waals surface area contributed by atoms with Gasteiger partial charge in [-0.1, -0.05) is 26.0 Å². The molecule has 1 N–H and O–H groups in total. The Morgan fingerprint density at radius 2 is 1.64 bits per heavy atom. The van der Waals surface area contributed by atoms with E-state index in [1.807, 2.05) is 38.1 Å². The largest absolute Gasteiger partial charge is 0.339 e. The predicted octanol–water partition coefficient (Wildman–Crippen LogP) is 3.94. The minimum atomic E-state index is -0.279. The highest BCUT2D eigenvalue weighted by Crippen LogP contribution is 2.18. The van der Waals surface area contributed by atoms with Gasteiger partial charge in [0, 0.05) is 31.2 Å². The van der Waals surface area contributed by atoms with Crippen molar-refractivity contribution >= 4 is 17.5 Å². The van der Waals surface area contributed by atoms with Crippen LogP contribution in [0.5, 0.6) is 0 Å². The molecule has 1 aromatic heterocycles. The molecule has 0 aliphatic rings. The van der Waals surface area contributed by atoms with Gasteiger partial charge < -0.3 is 10.2 Å². The van der Waals surface area contributed by atoms with E-state index in [0.29, 0.717) is 30.1 Å². The SMILES string of the molecule is CCN(CC)C(=O)c1cncc(C(=O)Nc2ccc(C(C)C)cc2)c1. The fourth-order valence-corrected chi connectivity index (χ4v) is 2.53. The molecule has 25 heavy (non-hydrogen) atoms. The lowest BCUT2D eigenvalue weighted by atomic mass is 10.0. The van der Waals surface area contributed by atoms with Gasteiger partial charge in [0.25, 0.3) is 11.8 Å². The summed E-state index contributed by atoms with van der Waals surface area (Å²) in [6.45, 7) is 9.33. The molecule has 1 aromatic carbocycles. The number of nitrogens with zero attached hydrogens (tertiary/aromatic N) is 2. The van der Waals surface area contributed by atoms with Crippen LogP contribution in [-0.4, -0.2) is 34.8 Å². The molecule has 2 rings (SSSR count). The Balaban J connectivity index is 2.14. The molecule has 0 spiro atoms. The maximum absolute atomic E-state index is 12.4. The molecule has 0 fully saturated rings. The molecule has 0 aliphatic heterocycles. The standard InChI is InChI=1S/C20H25N3O2/c1-5-23(6-2)20(25)17-11-16(12-21-13-17)19(24)22-18-9-7-15(8-10-18)14(3)4/h7-14H,5-6H2,1-4H3,(H,22,24). The van der Waals surface area contributed by atoms with Gasteiger partial charge in [0.15, 0.2) is 0 Å². The molecule has 0 unspecified atom stereocenters. The summed E-state index contributed by atoms with van der Waals surface area (Å²) >= 11 is 0. The minimum absolute atomic E-state index is 0.117. The number of aromatic nitrogens is 1. The van der Waals surface area contributed by atoms with Crippen molar-refractivity contribution in [3.8, 4) is 0 Å². The zero-order valence-electron chi connectivity index (χ0n) is 15.2. The van der Waals surface area contributed by atoms with E-state index < -0.39 is 0 Å². The molecule has 2 amide bonds. The summed E-state index contributed by atoms with van der Waals surface area (Å²) < 4.78 is 0. The second kappa shape index (κ2) is 8.42. The number of rotatable bonds is 6. The predicted molar refractivity (Wildman–Crippen MR) is 100.0 cm³/mol. The maximum atomic E-state index is 12.4. The Morgan fingerprint density at radius 1 is 1.04 bits per heavy atom. The summed E-state index contributed by atoms with van der Waals surface area (Å²) in [6, 6.07) is 9.35. The first-order valence-corrected chi connectivity index (χ1v) is 8.61. The number of benzene rings is 1. The summed E-state index contributed by atoms with van der Waals surface area (Å²) in [4.78, 5) is 30.6. The first-order valence-electron chi connectivity index (χ1n) is 8.61. The third-order valence-electron chi connectivity index (χ3n) is 4.13. The average molecular weight is 339 g/mol. The Kier molecular flexibility index (Phi) is 6.28. The summed E-state index contributed by atoms with van der Waals surface area (Å²) in [5, 5.41) is 2.84. The first-order chi connectivity index (χ1) is 12.0. The summed E-state index contributed by atoms with van der Waals surface area (Å²) in [7, 11) is 0. The molecule has 0 bridgehead atoms. The number of carbonyl (C=O) groups excluding carboxylic acids is 2. The lowest BCUT2D eigenvalue weighted by molar-refractivity contribution is 0.0772. The van der Waals surface area contributed by atoms with Crippen molar-refractivity contribution in [3.05, 3.63) is 59.4 Å². The Hall–Kier alpha value is -2.69. The quantitative estimate of drug-likeness (QED) is 0.867. The van der Waals surface area contributed by atoms with Crippen LogP contribution >= 0.6 is 0 Å². The van der Waals surface area contributed by atoms with Crippen molar-refractivity contribution < 1.29 is 9.59 Å². The minimum Gasteiger partial charge on any atom is -0.339 e. The highest BCUT2D eigenvalue weighted by Gasteiger charge is 2.15. The van der Waals surface area contributed by atoms with E-state index in [9.17, 15) is 9.59 Å². The maximum Gasteiger partial charge on any atom is 0.257 e. The van der Waals surface area contributed by atoms with Crippen LogP contribution < -0.4 is 5.32 Å². The van der Waals surface area contributed by atoms with Crippen molar-refractivity contribution in [1.82, 2.24) is 9.88 Å². The van der Waals surface area contributed by atoms with Crippen LogP contribution in [0.2, 0.25) is 0 Å². The average Bonchev–Trinajstić information content (AvgIpc) is 2.63. The number of hydrogen-bond donors (Lipinski definition) is 1. The number of amides is 2. The van der Waals surface area contributed by atoms with Gasteiger partial charge >= 0.3 is 0 Å². The van der Waals surface area contributed by atoms with Crippen LogP contribution in [0.25, 0.3) is 0 Å². The summed E-state index contributed by atoms with van der Waals surface area (Å²) in [5.41, 5.74) is 2.72. The van der Waals surface area contributed by atoms with Gasteiger partial charge in [0.2, 0.25) is 0 Å². The van der Waals surface area contributed by atoms with E-state index in [1.165, 1.54) is 18.0 Å². The van der Waals surface area contributed by atoms with Gasteiger partial charge in [0.05, 0.1) is 11.1 Å². The molecule has 0 aliphatic carbocycles. The second-order valence-electron chi connectivity index (χ2n) is 6.17. The van der Waals surface area contributed by atoms with E-state index in [1.54, 1.807) is 11.0 Å². The Morgan fingerprint density at radius 3 is 2.20 bits per heavy atom. The molecule has 0 saturated heterocycles. The van der Waals surface area contributed by atoms with Crippen molar-refractivity contribution in [2.24, 2.45) is 0 Å². The van der Waals surface area contributed by atoms with Crippen LogP contribution in [0.4, 0.5) is 5.69 Å². The third kappa shape index (κ3) is 4.66. The zero-order valence-corrected chi connectivity index (χ0v) is 15.2. The van der Waals surface area contributed by atoms with Crippen molar-refractivity contribution in [2.45, 2.75) is 33.6 Å². The van der Waals surface area contributed by atoms with Gasteiger partial charge in [-0.2, -0.15) is 0 Å². The monoisotopic (exact) mass is 339 g/mol. The lowest BCUT2D eigenvalue weighted by Gasteiger charge is -2.18. The van der Waals surface area contributed by atoms with Gasteiger partial charge in [0.1, 0.15) is 0 Å². The molecule has 0 atom stereocenters. The van der Waals surface area contributed by atoms with Crippen LogP contribution in [-0.2, 0) is 0 Å². The molecule has 5 heteroatoms. The normalized spacial score (nSPS) is 10.6. The highest BCUT2D eigenvalue weighted by molar-refractivity contribution is 6.05. The molecular formula is C20H25N3O2.